The molecule has 3 nitrogen and oxygen atoms in total. The van der Waals surface area contributed by atoms with E-state index in [1.165, 1.54) is 31.7 Å². The van der Waals surface area contributed by atoms with E-state index in [2.05, 4.69) is 12.2 Å². The molecular formula is C15H23NO2. The second-order valence-electron chi connectivity index (χ2n) is 5.60. The molecular weight excluding hydrogens is 226 g/mol. The van der Waals surface area contributed by atoms with Gasteiger partial charge >= 0.3 is 0 Å². The van der Waals surface area contributed by atoms with Crippen molar-refractivity contribution in [3.63, 3.8) is 0 Å². The summed E-state index contributed by atoms with van der Waals surface area (Å²) in [6.07, 6.45) is 5.00. The van der Waals surface area contributed by atoms with Crippen molar-refractivity contribution in [3.05, 3.63) is 23.8 Å². The summed E-state index contributed by atoms with van der Waals surface area (Å²) >= 11 is 0. The molecule has 0 radical (unpaired) electrons. The van der Waals surface area contributed by atoms with Gasteiger partial charge in [0, 0.05) is 17.6 Å². The molecule has 1 aromatic carbocycles. The standard InChI is InChI=1S/C15H23NO2/c1-10-4-3-5-12(8-10)16-11(2)14-9-13(17)6-7-15(14)18/h6-7,9-12,16-18H,3-5,8H2,1-2H3. The van der Waals surface area contributed by atoms with Gasteiger partial charge in [-0.2, -0.15) is 0 Å². The van der Waals surface area contributed by atoms with E-state index in [-0.39, 0.29) is 17.5 Å². The SMILES string of the molecule is CC1CCCC(NC(C)c2cc(O)ccc2O)C1. The highest BCUT2D eigenvalue weighted by molar-refractivity contribution is 5.40. The van der Waals surface area contributed by atoms with Crippen LogP contribution in [0.15, 0.2) is 18.2 Å². The second kappa shape index (κ2) is 5.61. The van der Waals surface area contributed by atoms with Crippen LogP contribution >= 0.6 is 0 Å². The fourth-order valence-electron chi connectivity index (χ4n) is 2.92. The Morgan fingerprint density at radius 1 is 1.28 bits per heavy atom. The summed E-state index contributed by atoms with van der Waals surface area (Å²) in [6.45, 7) is 4.33. The van der Waals surface area contributed by atoms with Crippen molar-refractivity contribution in [1.82, 2.24) is 5.32 Å². The van der Waals surface area contributed by atoms with Gasteiger partial charge in [0.05, 0.1) is 0 Å². The lowest BCUT2D eigenvalue weighted by atomic mass is 9.86. The third-order valence-electron chi connectivity index (χ3n) is 3.90. The van der Waals surface area contributed by atoms with Crippen LogP contribution in [-0.4, -0.2) is 16.3 Å². The first-order chi connectivity index (χ1) is 8.56. The van der Waals surface area contributed by atoms with Crippen molar-refractivity contribution >= 4 is 0 Å². The molecule has 100 valence electrons. The maximum atomic E-state index is 9.84. The van der Waals surface area contributed by atoms with Gasteiger partial charge in [0.1, 0.15) is 11.5 Å². The zero-order valence-corrected chi connectivity index (χ0v) is 11.2. The summed E-state index contributed by atoms with van der Waals surface area (Å²) in [4.78, 5) is 0. The summed E-state index contributed by atoms with van der Waals surface area (Å²) in [5.74, 6) is 1.23. The van der Waals surface area contributed by atoms with Crippen LogP contribution in [0.25, 0.3) is 0 Å². The van der Waals surface area contributed by atoms with Gasteiger partial charge in [-0.05, 0) is 43.9 Å². The minimum Gasteiger partial charge on any atom is -0.508 e. The minimum atomic E-state index is 0.0624. The fourth-order valence-corrected chi connectivity index (χ4v) is 2.92. The Hall–Kier alpha value is -1.22. The van der Waals surface area contributed by atoms with E-state index in [4.69, 9.17) is 0 Å². The maximum absolute atomic E-state index is 9.84. The lowest BCUT2D eigenvalue weighted by Crippen LogP contribution is -2.35. The molecule has 2 rings (SSSR count). The lowest BCUT2D eigenvalue weighted by Gasteiger charge is -2.30. The second-order valence-corrected chi connectivity index (χ2v) is 5.60. The molecule has 0 bridgehead atoms. The highest BCUT2D eigenvalue weighted by atomic mass is 16.3. The van der Waals surface area contributed by atoms with E-state index >= 15 is 0 Å². The summed E-state index contributed by atoms with van der Waals surface area (Å²) in [5.41, 5.74) is 0.772. The minimum absolute atomic E-state index is 0.0624. The first-order valence-corrected chi connectivity index (χ1v) is 6.84. The largest absolute Gasteiger partial charge is 0.508 e. The molecule has 1 saturated carbocycles. The van der Waals surface area contributed by atoms with Crippen LogP contribution in [0.5, 0.6) is 11.5 Å². The molecule has 1 aliphatic rings. The third-order valence-corrected chi connectivity index (χ3v) is 3.90. The molecule has 3 heteroatoms. The molecule has 0 spiro atoms. The molecule has 3 unspecified atom stereocenters. The van der Waals surface area contributed by atoms with Gasteiger partial charge in [-0.3, -0.25) is 0 Å². The molecule has 1 aromatic rings. The van der Waals surface area contributed by atoms with Gasteiger partial charge in [0.15, 0.2) is 0 Å². The lowest BCUT2D eigenvalue weighted by molar-refractivity contribution is 0.283. The number of phenols is 2. The smallest absolute Gasteiger partial charge is 0.120 e. The quantitative estimate of drug-likeness (QED) is 0.720. The number of nitrogens with one attached hydrogen (secondary N) is 1. The highest BCUT2D eigenvalue weighted by Crippen LogP contribution is 2.30. The molecule has 3 atom stereocenters. The van der Waals surface area contributed by atoms with Crippen molar-refractivity contribution in [2.24, 2.45) is 5.92 Å². The number of phenolic OH excluding ortho intramolecular Hbond substituents is 2. The Balaban J connectivity index is 2.02. The predicted octanol–water partition coefficient (Wildman–Crippen LogP) is 3.33. The number of rotatable bonds is 3. The van der Waals surface area contributed by atoms with Crippen LogP contribution in [0, 0.1) is 5.92 Å². The molecule has 1 aliphatic carbocycles. The number of aromatic hydroxyl groups is 2. The van der Waals surface area contributed by atoms with Crippen molar-refractivity contribution in [2.75, 3.05) is 0 Å². The zero-order valence-electron chi connectivity index (χ0n) is 11.2. The van der Waals surface area contributed by atoms with E-state index in [0.29, 0.717) is 6.04 Å². The van der Waals surface area contributed by atoms with Crippen molar-refractivity contribution in [1.29, 1.82) is 0 Å². The zero-order chi connectivity index (χ0) is 13.1. The van der Waals surface area contributed by atoms with Crippen molar-refractivity contribution < 1.29 is 10.2 Å². The van der Waals surface area contributed by atoms with E-state index in [1.54, 1.807) is 12.1 Å². The van der Waals surface area contributed by atoms with Gasteiger partial charge in [-0.25, -0.2) is 0 Å². The van der Waals surface area contributed by atoms with Gasteiger partial charge in [0.2, 0.25) is 0 Å². The van der Waals surface area contributed by atoms with E-state index in [9.17, 15) is 10.2 Å². The van der Waals surface area contributed by atoms with Crippen molar-refractivity contribution in [2.45, 2.75) is 51.6 Å². The average molecular weight is 249 g/mol. The highest BCUT2D eigenvalue weighted by Gasteiger charge is 2.21. The Bertz CT molecular complexity index is 405. The van der Waals surface area contributed by atoms with Gasteiger partial charge in [-0.1, -0.05) is 19.8 Å². The van der Waals surface area contributed by atoms with Crippen LogP contribution < -0.4 is 5.32 Å². The Kier molecular flexibility index (Phi) is 4.12. The monoisotopic (exact) mass is 249 g/mol. The molecule has 0 aromatic heterocycles. The Morgan fingerprint density at radius 3 is 2.78 bits per heavy atom. The van der Waals surface area contributed by atoms with Crippen LogP contribution in [0.1, 0.15) is 51.1 Å². The van der Waals surface area contributed by atoms with Gasteiger partial charge in [0.25, 0.3) is 0 Å². The first kappa shape index (κ1) is 13.2. The maximum Gasteiger partial charge on any atom is 0.120 e. The summed E-state index contributed by atoms with van der Waals surface area (Å²) in [6, 6.07) is 5.28. The normalized spacial score (nSPS) is 25.9. The number of hydrogen-bond acceptors (Lipinski definition) is 3. The van der Waals surface area contributed by atoms with Crippen LogP contribution in [0.2, 0.25) is 0 Å². The number of benzene rings is 1. The molecule has 0 heterocycles. The summed E-state index contributed by atoms with van der Waals surface area (Å²) in [5, 5.41) is 22.9. The molecule has 3 N–H and O–H groups in total. The molecule has 0 aliphatic heterocycles. The van der Waals surface area contributed by atoms with E-state index in [0.717, 1.165) is 11.5 Å². The Labute approximate surface area is 109 Å². The van der Waals surface area contributed by atoms with Crippen LogP contribution in [-0.2, 0) is 0 Å². The molecule has 0 saturated heterocycles. The predicted molar refractivity (Wildman–Crippen MR) is 72.7 cm³/mol. The van der Waals surface area contributed by atoms with E-state index in [1.807, 2.05) is 6.92 Å². The molecule has 18 heavy (non-hydrogen) atoms. The van der Waals surface area contributed by atoms with Crippen LogP contribution in [0.3, 0.4) is 0 Å². The fraction of sp³-hybridized carbons (Fsp3) is 0.600. The summed E-state index contributed by atoms with van der Waals surface area (Å²) < 4.78 is 0. The molecule has 0 amide bonds. The topological polar surface area (TPSA) is 52.5 Å². The van der Waals surface area contributed by atoms with E-state index < -0.39 is 0 Å². The van der Waals surface area contributed by atoms with Gasteiger partial charge in [-0.15, -0.1) is 0 Å². The number of hydrogen-bond donors (Lipinski definition) is 3. The van der Waals surface area contributed by atoms with Gasteiger partial charge < -0.3 is 15.5 Å². The first-order valence-electron chi connectivity index (χ1n) is 6.84. The van der Waals surface area contributed by atoms with Crippen molar-refractivity contribution in [3.8, 4) is 11.5 Å². The molecule has 1 fully saturated rings. The Morgan fingerprint density at radius 2 is 2.06 bits per heavy atom. The summed E-state index contributed by atoms with van der Waals surface area (Å²) in [7, 11) is 0. The van der Waals surface area contributed by atoms with Crippen LogP contribution in [0.4, 0.5) is 0 Å². The third kappa shape index (κ3) is 3.16. The average Bonchev–Trinajstić information content (AvgIpc) is 2.32.